The number of aryl methyl sites for hydroxylation is 1. The van der Waals surface area contributed by atoms with Crippen molar-refractivity contribution in [2.75, 3.05) is 11.9 Å². The molecule has 2 aromatic rings. The van der Waals surface area contributed by atoms with E-state index in [0.717, 1.165) is 12.1 Å². The van der Waals surface area contributed by atoms with Crippen molar-refractivity contribution >= 4 is 6.01 Å². The molecule has 90 valence electrons. The molecular formula is C11H15N5O. The highest BCUT2D eigenvalue weighted by Crippen LogP contribution is 2.13. The Morgan fingerprint density at radius 2 is 1.94 bits per heavy atom. The van der Waals surface area contributed by atoms with E-state index in [0.29, 0.717) is 23.6 Å². The molecule has 0 amide bonds. The van der Waals surface area contributed by atoms with Gasteiger partial charge < -0.3 is 9.84 Å². The van der Waals surface area contributed by atoms with Crippen LogP contribution in [0.15, 0.2) is 16.9 Å². The zero-order valence-corrected chi connectivity index (χ0v) is 10.1. The summed E-state index contributed by atoms with van der Waals surface area (Å²) < 4.78 is 5.05. The highest BCUT2D eigenvalue weighted by molar-refractivity contribution is 5.43. The average molecular weight is 233 g/mol. The molecule has 0 aliphatic rings. The molecule has 0 fully saturated rings. The van der Waals surface area contributed by atoms with E-state index in [1.807, 2.05) is 6.92 Å². The standard InChI is InChI=1S/C11H15N5O/c1-7(2)4-14-11-15-10(16-17-11)9-12-5-8(3)6-13-9/h5-7H,4H2,1-3H3,(H,14,15,16). The lowest BCUT2D eigenvalue weighted by molar-refractivity contribution is 0.429. The molecule has 0 aliphatic carbocycles. The van der Waals surface area contributed by atoms with E-state index in [2.05, 4.69) is 39.3 Å². The number of nitrogens with zero attached hydrogens (tertiary/aromatic N) is 4. The summed E-state index contributed by atoms with van der Waals surface area (Å²) in [6.07, 6.45) is 3.44. The number of nitrogens with one attached hydrogen (secondary N) is 1. The van der Waals surface area contributed by atoms with E-state index in [9.17, 15) is 0 Å². The molecule has 0 spiro atoms. The van der Waals surface area contributed by atoms with Crippen LogP contribution in [0.2, 0.25) is 0 Å². The molecule has 0 saturated carbocycles. The van der Waals surface area contributed by atoms with E-state index in [4.69, 9.17) is 4.52 Å². The molecule has 1 N–H and O–H groups in total. The SMILES string of the molecule is Cc1cnc(-c2noc(NCC(C)C)n2)nc1. The van der Waals surface area contributed by atoms with Gasteiger partial charge in [0, 0.05) is 18.9 Å². The minimum Gasteiger partial charge on any atom is -0.337 e. The molecule has 0 bridgehead atoms. The first kappa shape index (κ1) is 11.5. The van der Waals surface area contributed by atoms with Crippen LogP contribution in [0.3, 0.4) is 0 Å². The molecule has 2 rings (SSSR count). The van der Waals surface area contributed by atoms with Crippen LogP contribution in [-0.4, -0.2) is 26.7 Å². The summed E-state index contributed by atoms with van der Waals surface area (Å²) >= 11 is 0. The topological polar surface area (TPSA) is 76.7 Å². The van der Waals surface area contributed by atoms with Crippen molar-refractivity contribution < 1.29 is 4.52 Å². The summed E-state index contributed by atoms with van der Waals surface area (Å²) in [5.41, 5.74) is 0.996. The smallest absolute Gasteiger partial charge is 0.321 e. The third kappa shape index (κ3) is 2.99. The maximum atomic E-state index is 5.05. The van der Waals surface area contributed by atoms with Crippen LogP contribution in [0, 0.1) is 12.8 Å². The molecule has 17 heavy (non-hydrogen) atoms. The molecular weight excluding hydrogens is 218 g/mol. The average Bonchev–Trinajstić information content (AvgIpc) is 2.76. The van der Waals surface area contributed by atoms with Crippen LogP contribution in [0.1, 0.15) is 19.4 Å². The van der Waals surface area contributed by atoms with Crippen LogP contribution < -0.4 is 5.32 Å². The third-order valence-corrected chi connectivity index (χ3v) is 2.07. The van der Waals surface area contributed by atoms with E-state index < -0.39 is 0 Å². The normalized spacial score (nSPS) is 10.8. The van der Waals surface area contributed by atoms with Crippen LogP contribution in [0.5, 0.6) is 0 Å². The number of aromatic nitrogens is 4. The first-order valence-corrected chi connectivity index (χ1v) is 5.51. The lowest BCUT2D eigenvalue weighted by Crippen LogP contribution is -2.07. The molecule has 0 radical (unpaired) electrons. The molecule has 6 heteroatoms. The highest BCUT2D eigenvalue weighted by Gasteiger charge is 2.10. The Bertz CT molecular complexity index is 477. The fraction of sp³-hybridized carbons (Fsp3) is 0.455. The Morgan fingerprint density at radius 3 is 2.59 bits per heavy atom. The van der Waals surface area contributed by atoms with Crippen molar-refractivity contribution in [3.8, 4) is 11.6 Å². The summed E-state index contributed by atoms with van der Waals surface area (Å²) in [5, 5.41) is 6.87. The van der Waals surface area contributed by atoms with Gasteiger partial charge in [-0.1, -0.05) is 19.0 Å². The van der Waals surface area contributed by atoms with Crippen LogP contribution in [0.4, 0.5) is 6.01 Å². The van der Waals surface area contributed by atoms with Crippen LogP contribution in [-0.2, 0) is 0 Å². The van der Waals surface area contributed by atoms with Gasteiger partial charge >= 0.3 is 6.01 Å². The Balaban J connectivity index is 2.10. The minimum absolute atomic E-state index is 0.399. The summed E-state index contributed by atoms with van der Waals surface area (Å²) in [5.74, 6) is 1.38. The number of hydrogen-bond donors (Lipinski definition) is 1. The van der Waals surface area contributed by atoms with Gasteiger partial charge in [0.15, 0.2) is 0 Å². The molecule has 2 heterocycles. The van der Waals surface area contributed by atoms with Gasteiger partial charge in [-0.15, -0.1) is 0 Å². The van der Waals surface area contributed by atoms with Crippen molar-refractivity contribution in [2.24, 2.45) is 5.92 Å². The summed E-state index contributed by atoms with van der Waals surface area (Å²) in [4.78, 5) is 12.4. The fourth-order valence-corrected chi connectivity index (χ4v) is 1.19. The van der Waals surface area contributed by atoms with Gasteiger partial charge in [-0.25, -0.2) is 9.97 Å². The maximum Gasteiger partial charge on any atom is 0.321 e. The number of hydrogen-bond acceptors (Lipinski definition) is 6. The summed E-state index contributed by atoms with van der Waals surface area (Å²) in [6, 6.07) is 0.401. The first-order valence-electron chi connectivity index (χ1n) is 5.51. The van der Waals surface area contributed by atoms with Crippen molar-refractivity contribution in [1.29, 1.82) is 0 Å². The zero-order chi connectivity index (χ0) is 12.3. The second-order valence-corrected chi connectivity index (χ2v) is 4.28. The first-order chi connectivity index (χ1) is 8.15. The van der Waals surface area contributed by atoms with Gasteiger partial charge in [-0.3, -0.25) is 0 Å². The van der Waals surface area contributed by atoms with Crippen molar-refractivity contribution in [3.05, 3.63) is 18.0 Å². The molecule has 0 aromatic carbocycles. The van der Waals surface area contributed by atoms with Crippen molar-refractivity contribution in [3.63, 3.8) is 0 Å². The van der Waals surface area contributed by atoms with Gasteiger partial charge in [0.2, 0.25) is 11.6 Å². The second kappa shape index (κ2) is 4.90. The van der Waals surface area contributed by atoms with Gasteiger partial charge in [0.25, 0.3) is 0 Å². The van der Waals surface area contributed by atoms with E-state index in [1.54, 1.807) is 12.4 Å². The molecule has 0 unspecified atom stereocenters. The molecule has 6 nitrogen and oxygen atoms in total. The summed E-state index contributed by atoms with van der Waals surface area (Å²) in [7, 11) is 0. The number of rotatable bonds is 4. The van der Waals surface area contributed by atoms with Gasteiger partial charge in [0.1, 0.15) is 0 Å². The third-order valence-electron chi connectivity index (χ3n) is 2.07. The minimum atomic E-state index is 0.399. The van der Waals surface area contributed by atoms with Crippen LogP contribution >= 0.6 is 0 Å². The Hall–Kier alpha value is -1.98. The Labute approximate surface area is 99.5 Å². The number of anilines is 1. The Morgan fingerprint density at radius 1 is 1.24 bits per heavy atom. The van der Waals surface area contributed by atoms with Crippen LogP contribution in [0.25, 0.3) is 11.6 Å². The van der Waals surface area contributed by atoms with Gasteiger partial charge in [0.05, 0.1) is 0 Å². The maximum absolute atomic E-state index is 5.05. The van der Waals surface area contributed by atoms with E-state index >= 15 is 0 Å². The highest BCUT2D eigenvalue weighted by atomic mass is 16.5. The molecule has 2 aromatic heterocycles. The zero-order valence-electron chi connectivity index (χ0n) is 10.1. The quantitative estimate of drug-likeness (QED) is 0.869. The lowest BCUT2D eigenvalue weighted by atomic mass is 10.2. The second-order valence-electron chi connectivity index (χ2n) is 4.28. The lowest BCUT2D eigenvalue weighted by Gasteiger charge is -2.02. The predicted octanol–water partition coefficient (Wildman–Crippen LogP) is 1.90. The fourth-order valence-electron chi connectivity index (χ4n) is 1.19. The predicted molar refractivity (Wildman–Crippen MR) is 63.4 cm³/mol. The van der Waals surface area contributed by atoms with Crippen molar-refractivity contribution in [2.45, 2.75) is 20.8 Å². The van der Waals surface area contributed by atoms with E-state index in [1.165, 1.54) is 0 Å². The van der Waals surface area contributed by atoms with E-state index in [-0.39, 0.29) is 0 Å². The molecule has 0 atom stereocenters. The Kier molecular flexibility index (Phi) is 3.32. The van der Waals surface area contributed by atoms with Gasteiger partial charge in [-0.05, 0) is 18.4 Å². The molecule has 0 saturated heterocycles. The van der Waals surface area contributed by atoms with Crippen molar-refractivity contribution in [1.82, 2.24) is 20.1 Å². The van der Waals surface area contributed by atoms with Gasteiger partial charge in [-0.2, -0.15) is 4.98 Å². The summed E-state index contributed by atoms with van der Waals surface area (Å²) in [6.45, 7) is 6.92. The largest absolute Gasteiger partial charge is 0.337 e. The molecule has 0 aliphatic heterocycles. The monoisotopic (exact) mass is 233 g/mol.